The van der Waals surface area contributed by atoms with Crippen LogP contribution in [-0.2, 0) is 10.0 Å². The molecule has 0 heterocycles. The van der Waals surface area contributed by atoms with Crippen LogP contribution in [0.5, 0.6) is 5.75 Å². The Morgan fingerprint density at radius 3 is 2.12 bits per heavy atom. The summed E-state index contributed by atoms with van der Waals surface area (Å²) in [5.41, 5.74) is -0.800. The van der Waals surface area contributed by atoms with Crippen LogP contribution in [0.3, 0.4) is 0 Å². The Kier molecular flexibility index (Phi) is 4.98. The van der Waals surface area contributed by atoms with Crippen LogP contribution >= 0.6 is 0 Å². The average molecular weight is 371 g/mol. The predicted octanol–water partition coefficient (Wildman–Crippen LogP) is 3.09. The monoisotopic (exact) mass is 371 g/mol. The number of methoxy groups -OCH3 is 1. The fourth-order valence-corrected chi connectivity index (χ4v) is 3.95. The van der Waals surface area contributed by atoms with Gasteiger partial charge in [0.25, 0.3) is 10.0 Å². The number of hydrogen-bond acceptors (Lipinski definition) is 4. The van der Waals surface area contributed by atoms with E-state index in [0.29, 0.717) is 29.0 Å². The maximum absolute atomic E-state index is 13.9. The highest BCUT2D eigenvalue weighted by Crippen LogP contribution is 2.29. The number of rotatable bonds is 5. The second kappa shape index (κ2) is 6.67. The van der Waals surface area contributed by atoms with Gasteiger partial charge < -0.3 is 9.84 Å². The van der Waals surface area contributed by atoms with Gasteiger partial charge in [0, 0.05) is 6.07 Å². The van der Waals surface area contributed by atoms with Crippen molar-refractivity contribution in [3.8, 4) is 5.75 Å². The molecule has 2 aromatic carbocycles. The molecule has 0 unspecified atom stereocenters. The number of carboxylic acids is 1. The van der Waals surface area contributed by atoms with E-state index in [1.165, 1.54) is 33.1 Å². The first-order valence-electron chi connectivity index (χ1n) is 6.97. The van der Waals surface area contributed by atoms with Gasteiger partial charge in [-0.3, -0.25) is 4.72 Å². The summed E-state index contributed by atoms with van der Waals surface area (Å²) in [6, 6.07) is 3.89. The number of benzene rings is 2. The highest BCUT2D eigenvalue weighted by atomic mass is 32.2. The zero-order valence-electron chi connectivity index (χ0n) is 13.6. The normalized spacial score (nSPS) is 11.2. The quantitative estimate of drug-likeness (QED) is 0.843. The topological polar surface area (TPSA) is 92.7 Å². The molecular weight excluding hydrogens is 356 g/mol. The van der Waals surface area contributed by atoms with E-state index in [-0.39, 0.29) is 4.90 Å². The van der Waals surface area contributed by atoms with Gasteiger partial charge in [0.1, 0.15) is 17.4 Å². The van der Waals surface area contributed by atoms with Crippen molar-refractivity contribution in [3.05, 3.63) is 52.6 Å². The van der Waals surface area contributed by atoms with Gasteiger partial charge in [-0.05, 0) is 43.2 Å². The number of hydrogen-bond donors (Lipinski definition) is 2. The van der Waals surface area contributed by atoms with Gasteiger partial charge in [0.15, 0.2) is 0 Å². The summed E-state index contributed by atoms with van der Waals surface area (Å²) >= 11 is 0. The Morgan fingerprint density at radius 1 is 1.08 bits per heavy atom. The molecule has 134 valence electrons. The summed E-state index contributed by atoms with van der Waals surface area (Å²) in [5.74, 6) is -3.72. The van der Waals surface area contributed by atoms with Crippen molar-refractivity contribution in [2.45, 2.75) is 18.7 Å². The minimum Gasteiger partial charge on any atom is -0.497 e. The molecule has 0 radical (unpaired) electrons. The summed E-state index contributed by atoms with van der Waals surface area (Å²) in [5, 5.41) is 8.89. The fraction of sp³-hybridized carbons (Fsp3) is 0.188. The van der Waals surface area contributed by atoms with Crippen LogP contribution in [0, 0.1) is 25.5 Å². The van der Waals surface area contributed by atoms with Crippen LogP contribution < -0.4 is 9.46 Å². The van der Waals surface area contributed by atoms with E-state index in [0.717, 1.165) is 0 Å². The van der Waals surface area contributed by atoms with E-state index < -0.39 is 38.9 Å². The third kappa shape index (κ3) is 3.71. The van der Waals surface area contributed by atoms with Crippen LogP contribution in [0.15, 0.2) is 29.2 Å². The number of carboxylic acid groups (broad SMARTS) is 1. The summed E-state index contributed by atoms with van der Waals surface area (Å²) in [6.07, 6.45) is 0. The molecule has 0 spiro atoms. The number of sulfonamides is 1. The van der Waals surface area contributed by atoms with Crippen molar-refractivity contribution in [2.75, 3.05) is 11.8 Å². The van der Waals surface area contributed by atoms with Crippen LogP contribution in [0.1, 0.15) is 21.5 Å². The number of carbonyl (C=O) groups is 1. The van der Waals surface area contributed by atoms with E-state index in [2.05, 4.69) is 0 Å². The Morgan fingerprint density at radius 2 is 1.64 bits per heavy atom. The molecule has 2 N–H and O–H groups in total. The lowest BCUT2D eigenvalue weighted by molar-refractivity contribution is 0.0692. The van der Waals surface area contributed by atoms with Crippen LogP contribution in [0.4, 0.5) is 14.5 Å². The molecule has 25 heavy (non-hydrogen) atoms. The van der Waals surface area contributed by atoms with Crippen molar-refractivity contribution in [1.29, 1.82) is 0 Å². The Hall–Kier alpha value is -2.68. The van der Waals surface area contributed by atoms with Crippen molar-refractivity contribution < 1.29 is 31.8 Å². The third-order valence-corrected chi connectivity index (χ3v) is 5.14. The molecule has 6 nitrogen and oxygen atoms in total. The maximum atomic E-state index is 13.9. The molecule has 0 aliphatic carbocycles. The van der Waals surface area contributed by atoms with E-state index >= 15 is 0 Å². The molecule has 0 amide bonds. The van der Waals surface area contributed by atoms with Crippen molar-refractivity contribution in [1.82, 2.24) is 0 Å². The van der Waals surface area contributed by atoms with Gasteiger partial charge in [0.05, 0.1) is 23.3 Å². The van der Waals surface area contributed by atoms with Gasteiger partial charge in [-0.2, -0.15) is 0 Å². The molecule has 0 bridgehead atoms. The zero-order chi connectivity index (χ0) is 18.9. The third-order valence-electron chi connectivity index (χ3n) is 3.47. The molecule has 0 saturated heterocycles. The van der Waals surface area contributed by atoms with Gasteiger partial charge in [-0.25, -0.2) is 22.0 Å². The molecular formula is C16H15F2NO5S. The van der Waals surface area contributed by atoms with Crippen LogP contribution in [0.2, 0.25) is 0 Å². The van der Waals surface area contributed by atoms with E-state index in [4.69, 9.17) is 9.84 Å². The fourth-order valence-electron chi connectivity index (χ4n) is 2.44. The minimum atomic E-state index is -4.24. The largest absolute Gasteiger partial charge is 0.497 e. The van der Waals surface area contributed by atoms with Crippen molar-refractivity contribution in [2.24, 2.45) is 0 Å². The molecule has 9 heteroatoms. The first-order chi connectivity index (χ1) is 11.6. The first kappa shape index (κ1) is 18.7. The lowest BCUT2D eigenvalue weighted by Gasteiger charge is -2.15. The molecule has 2 rings (SSSR count). The molecule has 0 atom stereocenters. The van der Waals surface area contributed by atoms with Gasteiger partial charge >= 0.3 is 5.97 Å². The summed E-state index contributed by atoms with van der Waals surface area (Å²) in [4.78, 5) is 10.8. The number of aryl methyl sites for hydroxylation is 2. The Labute approximate surface area is 143 Å². The SMILES string of the molecule is COc1cc(C)c(S(=O)(=O)Nc2cc(C(=O)O)c(F)cc2F)c(C)c1. The van der Waals surface area contributed by atoms with E-state index in [1.807, 2.05) is 4.72 Å². The van der Waals surface area contributed by atoms with Crippen LogP contribution in [0.25, 0.3) is 0 Å². The lowest BCUT2D eigenvalue weighted by atomic mass is 10.1. The molecule has 0 aromatic heterocycles. The highest BCUT2D eigenvalue weighted by Gasteiger charge is 2.24. The van der Waals surface area contributed by atoms with Crippen molar-refractivity contribution in [3.63, 3.8) is 0 Å². The zero-order valence-corrected chi connectivity index (χ0v) is 14.4. The smallest absolute Gasteiger partial charge is 0.338 e. The second-order valence-electron chi connectivity index (χ2n) is 5.31. The number of anilines is 1. The first-order valence-corrected chi connectivity index (χ1v) is 8.45. The van der Waals surface area contributed by atoms with E-state index in [1.54, 1.807) is 0 Å². The number of nitrogens with one attached hydrogen (secondary N) is 1. The maximum Gasteiger partial charge on any atom is 0.338 e. The standard InChI is InChI=1S/C16H15F2NO5S/c1-8-4-10(24-3)5-9(2)15(8)25(22,23)19-14-6-11(16(20)21)12(17)7-13(14)18/h4-7,19H,1-3H3,(H,20,21). The summed E-state index contributed by atoms with van der Waals surface area (Å²) in [7, 11) is -2.81. The molecule has 0 aliphatic rings. The number of halogens is 2. The number of aromatic carboxylic acids is 1. The summed E-state index contributed by atoms with van der Waals surface area (Å²) in [6.45, 7) is 3.07. The van der Waals surface area contributed by atoms with Gasteiger partial charge in [0.2, 0.25) is 0 Å². The van der Waals surface area contributed by atoms with Crippen molar-refractivity contribution >= 4 is 21.7 Å². The summed E-state index contributed by atoms with van der Waals surface area (Å²) < 4.78 is 59.5. The van der Waals surface area contributed by atoms with Gasteiger partial charge in [-0.1, -0.05) is 0 Å². The highest BCUT2D eigenvalue weighted by molar-refractivity contribution is 7.92. The van der Waals surface area contributed by atoms with Crippen LogP contribution in [-0.4, -0.2) is 26.6 Å². The molecule has 0 aliphatic heterocycles. The Balaban J connectivity index is 2.54. The minimum absolute atomic E-state index is 0.103. The average Bonchev–Trinajstić information content (AvgIpc) is 2.48. The Bertz CT molecular complexity index is 934. The van der Waals surface area contributed by atoms with Gasteiger partial charge in [-0.15, -0.1) is 0 Å². The lowest BCUT2D eigenvalue weighted by Crippen LogP contribution is -2.17. The molecule has 0 saturated carbocycles. The number of ether oxygens (including phenoxy) is 1. The predicted molar refractivity (Wildman–Crippen MR) is 86.6 cm³/mol. The second-order valence-corrected chi connectivity index (χ2v) is 6.93. The molecule has 0 fully saturated rings. The van der Waals surface area contributed by atoms with E-state index in [9.17, 15) is 22.0 Å². The molecule has 2 aromatic rings.